The summed E-state index contributed by atoms with van der Waals surface area (Å²) in [6.07, 6.45) is 2.84. The van der Waals surface area contributed by atoms with Crippen LogP contribution in [0.5, 0.6) is 5.75 Å². The van der Waals surface area contributed by atoms with E-state index in [2.05, 4.69) is 18.7 Å². The lowest BCUT2D eigenvalue weighted by Crippen LogP contribution is -2.48. The maximum Gasteiger partial charge on any atom is 0.310 e. The van der Waals surface area contributed by atoms with Gasteiger partial charge in [-0.25, -0.2) is 0 Å². The smallest absolute Gasteiger partial charge is 0.310 e. The summed E-state index contributed by atoms with van der Waals surface area (Å²) in [6, 6.07) is 7.13. The molecule has 1 saturated heterocycles. The van der Waals surface area contributed by atoms with Gasteiger partial charge in [0.2, 0.25) is 0 Å². The second kappa shape index (κ2) is 7.56. The predicted octanol–water partition coefficient (Wildman–Crippen LogP) is 2.60. The van der Waals surface area contributed by atoms with E-state index < -0.39 is 11.0 Å². The van der Waals surface area contributed by atoms with Gasteiger partial charge in [0, 0.05) is 24.7 Å². The summed E-state index contributed by atoms with van der Waals surface area (Å²) in [5.74, 6) is 0.200. The quantitative estimate of drug-likeness (QED) is 0.646. The minimum atomic E-state index is -0.664. The molecule has 1 N–H and O–H groups in total. The number of para-hydroxylation sites is 2. The molecular formula is C16H24N2O4. The van der Waals surface area contributed by atoms with E-state index in [4.69, 9.17) is 4.74 Å². The van der Waals surface area contributed by atoms with E-state index >= 15 is 0 Å². The second-order valence-electron chi connectivity index (χ2n) is 6.02. The zero-order valence-electron chi connectivity index (χ0n) is 13.1. The van der Waals surface area contributed by atoms with Gasteiger partial charge in [-0.3, -0.25) is 15.0 Å². The fourth-order valence-corrected chi connectivity index (χ4v) is 3.05. The third-order valence-electron chi connectivity index (χ3n) is 4.29. The molecule has 3 atom stereocenters. The molecule has 0 aliphatic carbocycles. The number of rotatable bonds is 6. The maximum atomic E-state index is 10.9. The molecule has 6 nitrogen and oxygen atoms in total. The molecule has 122 valence electrons. The van der Waals surface area contributed by atoms with Gasteiger partial charge in [-0.1, -0.05) is 18.6 Å². The fraction of sp³-hybridized carbons (Fsp3) is 0.625. The molecule has 1 aliphatic heterocycles. The van der Waals surface area contributed by atoms with Crippen molar-refractivity contribution in [1.29, 1.82) is 0 Å². The Hall–Kier alpha value is -1.66. The molecule has 22 heavy (non-hydrogen) atoms. The number of hydrogen-bond acceptors (Lipinski definition) is 5. The number of likely N-dealkylation sites (tertiary alicyclic amines) is 1. The van der Waals surface area contributed by atoms with Crippen molar-refractivity contribution in [3.8, 4) is 5.75 Å². The lowest BCUT2D eigenvalue weighted by molar-refractivity contribution is -0.385. The van der Waals surface area contributed by atoms with E-state index in [0.717, 1.165) is 12.8 Å². The largest absolute Gasteiger partial charge is 0.484 e. The highest BCUT2D eigenvalue weighted by molar-refractivity contribution is 5.45. The average molecular weight is 308 g/mol. The molecule has 1 aromatic rings. The number of nitrogens with zero attached hydrogens (tertiary/aromatic N) is 2. The van der Waals surface area contributed by atoms with Gasteiger partial charge >= 0.3 is 5.69 Å². The van der Waals surface area contributed by atoms with E-state index in [1.807, 2.05) is 0 Å². The van der Waals surface area contributed by atoms with Crippen LogP contribution < -0.4 is 4.74 Å². The maximum absolute atomic E-state index is 10.9. The van der Waals surface area contributed by atoms with Gasteiger partial charge in [0.05, 0.1) is 4.92 Å². The van der Waals surface area contributed by atoms with Gasteiger partial charge in [0.25, 0.3) is 0 Å². The normalized spacial score (nSPS) is 24.0. The number of benzene rings is 1. The minimum absolute atomic E-state index is 0.0563. The van der Waals surface area contributed by atoms with Crippen LogP contribution >= 0.6 is 0 Å². The number of piperidine rings is 1. The number of aliphatic hydroxyl groups excluding tert-OH is 1. The first-order chi connectivity index (χ1) is 10.5. The van der Waals surface area contributed by atoms with Crippen molar-refractivity contribution in [2.45, 2.75) is 51.3 Å². The Morgan fingerprint density at radius 3 is 2.64 bits per heavy atom. The molecule has 1 heterocycles. The summed E-state index contributed by atoms with van der Waals surface area (Å²) >= 11 is 0. The Morgan fingerprint density at radius 2 is 2.00 bits per heavy atom. The highest BCUT2D eigenvalue weighted by Crippen LogP contribution is 2.26. The van der Waals surface area contributed by atoms with Crippen molar-refractivity contribution in [3.05, 3.63) is 34.4 Å². The Labute approximate surface area is 130 Å². The number of aliphatic hydroxyl groups is 1. The first-order valence-corrected chi connectivity index (χ1v) is 7.79. The van der Waals surface area contributed by atoms with Crippen molar-refractivity contribution in [2.24, 2.45) is 0 Å². The van der Waals surface area contributed by atoms with Gasteiger partial charge < -0.3 is 9.84 Å². The Morgan fingerprint density at radius 1 is 1.36 bits per heavy atom. The fourth-order valence-electron chi connectivity index (χ4n) is 3.05. The van der Waals surface area contributed by atoms with Gasteiger partial charge in [0.1, 0.15) is 12.7 Å². The van der Waals surface area contributed by atoms with Gasteiger partial charge in [-0.15, -0.1) is 0 Å². The topological polar surface area (TPSA) is 75.8 Å². The molecule has 0 unspecified atom stereocenters. The first kappa shape index (κ1) is 16.7. The van der Waals surface area contributed by atoms with Crippen LogP contribution in [0, 0.1) is 10.1 Å². The molecular weight excluding hydrogens is 284 g/mol. The Bertz CT molecular complexity index is 499. The molecule has 2 rings (SSSR count). The molecule has 0 radical (unpaired) electrons. The summed E-state index contributed by atoms with van der Waals surface area (Å²) in [7, 11) is 0. The third-order valence-corrected chi connectivity index (χ3v) is 4.29. The van der Waals surface area contributed by atoms with Crippen LogP contribution in [0.15, 0.2) is 24.3 Å². The van der Waals surface area contributed by atoms with Crippen LogP contribution in [-0.4, -0.2) is 46.3 Å². The number of ether oxygens (including phenoxy) is 1. The van der Waals surface area contributed by atoms with Gasteiger partial charge in [-0.05, 0) is 32.8 Å². The number of nitro groups is 1. The molecule has 0 amide bonds. The molecule has 1 aromatic carbocycles. The van der Waals surface area contributed by atoms with Crippen molar-refractivity contribution in [2.75, 3.05) is 13.2 Å². The summed E-state index contributed by atoms with van der Waals surface area (Å²) < 4.78 is 5.45. The lowest BCUT2D eigenvalue weighted by Gasteiger charge is -2.39. The summed E-state index contributed by atoms with van der Waals surface area (Å²) in [5, 5.41) is 21.1. The highest BCUT2D eigenvalue weighted by Gasteiger charge is 2.26. The monoisotopic (exact) mass is 308 g/mol. The van der Waals surface area contributed by atoms with E-state index in [0.29, 0.717) is 18.6 Å². The number of hydrogen-bond donors (Lipinski definition) is 1. The highest BCUT2D eigenvalue weighted by atomic mass is 16.6. The Kier molecular flexibility index (Phi) is 5.74. The van der Waals surface area contributed by atoms with Crippen molar-refractivity contribution in [1.82, 2.24) is 4.90 Å². The molecule has 0 aromatic heterocycles. The molecule has 0 spiro atoms. The molecule has 0 saturated carbocycles. The van der Waals surface area contributed by atoms with Crippen molar-refractivity contribution >= 4 is 5.69 Å². The first-order valence-electron chi connectivity index (χ1n) is 7.79. The van der Waals surface area contributed by atoms with E-state index in [9.17, 15) is 15.2 Å². The average Bonchev–Trinajstić information content (AvgIpc) is 2.49. The molecule has 1 fully saturated rings. The van der Waals surface area contributed by atoms with Crippen molar-refractivity contribution in [3.63, 3.8) is 0 Å². The zero-order valence-corrected chi connectivity index (χ0v) is 13.1. The van der Waals surface area contributed by atoms with Crippen LogP contribution in [0.3, 0.4) is 0 Å². The minimum Gasteiger partial charge on any atom is -0.484 e. The van der Waals surface area contributed by atoms with Gasteiger partial charge in [0.15, 0.2) is 5.75 Å². The van der Waals surface area contributed by atoms with Gasteiger partial charge in [-0.2, -0.15) is 0 Å². The zero-order chi connectivity index (χ0) is 16.1. The third kappa shape index (κ3) is 4.18. The lowest BCUT2D eigenvalue weighted by atomic mass is 9.97. The van der Waals surface area contributed by atoms with E-state index in [-0.39, 0.29) is 18.0 Å². The van der Waals surface area contributed by atoms with Crippen LogP contribution in [0.1, 0.15) is 33.1 Å². The SMILES string of the molecule is C[C@@H]1CCC[C@H](C)N1C[C@@H](O)COc1ccccc1[N+](=O)[O-]. The summed E-state index contributed by atoms with van der Waals surface area (Å²) in [5.41, 5.74) is -0.0746. The molecule has 6 heteroatoms. The summed E-state index contributed by atoms with van der Waals surface area (Å²) in [6.45, 7) is 4.93. The molecule has 1 aliphatic rings. The van der Waals surface area contributed by atoms with Crippen LogP contribution in [0.25, 0.3) is 0 Å². The second-order valence-corrected chi connectivity index (χ2v) is 6.02. The van der Waals surface area contributed by atoms with E-state index in [1.54, 1.807) is 18.2 Å². The van der Waals surface area contributed by atoms with E-state index in [1.165, 1.54) is 12.5 Å². The van der Waals surface area contributed by atoms with Crippen LogP contribution in [-0.2, 0) is 0 Å². The standard InChI is InChI=1S/C16H24N2O4/c1-12-6-5-7-13(2)17(12)10-14(19)11-22-16-9-4-3-8-15(16)18(20)21/h3-4,8-9,12-14,19H,5-7,10-11H2,1-2H3/t12-,13+,14-/m1/s1. The molecule has 0 bridgehead atoms. The van der Waals surface area contributed by atoms with Crippen LogP contribution in [0.2, 0.25) is 0 Å². The summed E-state index contributed by atoms with van der Waals surface area (Å²) in [4.78, 5) is 12.7. The number of nitro benzene ring substituents is 1. The van der Waals surface area contributed by atoms with Crippen LogP contribution in [0.4, 0.5) is 5.69 Å². The predicted molar refractivity (Wildman–Crippen MR) is 84.1 cm³/mol. The number of β-amino-alcohol motifs (C(OH)–C–C–N with tert-alkyl or cyclic N) is 1. The Balaban J connectivity index is 1.90. The van der Waals surface area contributed by atoms with Crippen molar-refractivity contribution < 1.29 is 14.8 Å².